The number of carboxylic acids is 1. The summed E-state index contributed by atoms with van der Waals surface area (Å²) in [6.45, 7) is -0.0921. The lowest BCUT2D eigenvalue weighted by atomic mass is 10.0. The smallest absolute Gasteiger partial charge is 0.416 e. The molecule has 0 spiro atoms. The molecule has 2 aromatic heterocycles. The summed E-state index contributed by atoms with van der Waals surface area (Å²) in [7, 11) is 0. The molecule has 2 N–H and O–H groups in total. The van der Waals surface area contributed by atoms with Crippen LogP contribution < -0.4 is 5.32 Å². The molecule has 4 rings (SSSR count). The lowest BCUT2D eigenvalue weighted by Gasteiger charge is -2.13. The first-order valence-electron chi connectivity index (χ1n) is 10.7. The Hall–Kier alpha value is -3.28. The number of alkyl halides is 6. The molecule has 40 heavy (non-hydrogen) atoms. The lowest BCUT2D eigenvalue weighted by Crippen LogP contribution is -2.31. The summed E-state index contributed by atoms with van der Waals surface area (Å²) in [5, 5.41) is 14.0. The van der Waals surface area contributed by atoms with Gasteiger partial charge >= 0.3 is 18.3 Å². The summed E-state index contributed by atoms with van der Waals surface area (Å²) < 4.78 is 79.4. The van der Waals surface area contributed by atoms with Gasteiger partial charge in [-0.1, -0.05) is 24.0 Å². The molecule has 1 aliphatic rings. The molecular weight excluding hydrogens is 625 g/mol. The van der Waals surface area contributed by atoms with Crippen molar-refractivity contribution in [3.05, 3.63) is 61.6 Å². The number of nitrogens with zero attached hydrogens (tertiary/aromatic N) is 2. The first-order valence-corrected chi connectivity index (χ1v) is 13.7. The second kappa shape index (κ2) is 11.3. The van der Waals surface area contributed by atoms with Gasteiger partial charge in [0.05, 0.1) is 16.0 Å². The van der Waals surface area contributed by atoms with E-state index in [0.29, 0.717) is 17.0 Å². The fourth-order valence-corrected chi connectivity index (χ4v) is 6.27. The van der Waals surface area contributed by atoms with Crippen molar-refractivity contribution in [3.63, 3.8) is 0 Å². The number of thiocarbonyl (C=S) groups is 1. The van der Waals surface area contributed by atoms with E-state index < -0.39 is 41.3 Å². The highest BCUT2D eigenvalue weighted by atomic mass is 32.2. The summed E-state index contributed by atoms with van der Waals surface area (Å²) in [5.41, 5.74) is -3.28. The molecule has 0 radical (unpaired) electrons. The van der Waals surface area contributed by atoms with Crippen LogP contribution in [0.2, 0.25) is 0 Å². The molecule has 0 bridgehead atoms. The fourth-order valence-electron chi connectivity index (χ4n) is 3.35. The highest BCUT2D eigenvalue weighted by Crippen LogP contribution is 2.40. The third kappa shape index (κ3) is 6.89. The number of hydrogen-bond acceptors (Lipinski definition) is 8. The number of thioether (sulfide) groups is 1. The monoisotopic (exact) mass is 637 g/mol. The molecular formula is C23H13F6N3O4S4. The van der Waals surface area contributed by atoms with Gasteiger partial charge in [-0.2, -0.15) is 26.3 Å². The Labute approximate surface area is 238 Å². The van der Waals surface area contributed by atoms with Gasteiger partial charge in [-0.15, -0.1) is 22.7 Å². The quantitative estimate of drug-likeness (QED) is 0.166. The number of aromatic carboxylic acids is 1. The average Bonchev–Trinajstić information content (AvgIpc) is 3.57. The normalized spacial score (nSPS) is 15.2. The Balaban J connectivity index is 1.46. The van der Waals surface area contributed by atoms with Gasteiger partial charge in [0.1, 0.15) is 4.32 Å². The molecule has 0 unspecified atom stereocenters. The number of aromatic nitrogens is 1. The number of halogens is 6. The number of anilines is 1. The predicted octanol–water partition coefficient (Wildman–Crippen LogP) is 6.84. The largest absolute Gasteiger partial charge is 0.476 e. The lowest BCUT2D eigenvalue weighted by molar-refractivity contribution is -0.143. The number of carbonyl (C=O) groups is 3. The summed E-state index contributed by atoms with van der Waals surface area (Å²) in [4.78, 5) is 41.4. The molecule has 1 aromatic carbocycles. The first-order chi connectivity index (χ1) is 18.6. The van der Waals surface area contributed by atoms with Crippen LogP contribution in [0.25, 0.3) is 17.2 Å². The van der Waals surface area contributed by atoms with E-state index in [1.165, 1.54) is 27.8 Å². The number of rotatable bonds is 7. The Morgan fingerprint density at radius 2 is 1.65 bits per heavy atom. The van der Waals surface area contributed by atoms with Crippen molar-refractivity contribution < 1.29 is 45.8 Å². The van der Waals surface area contributed by atoms with E-state index in [0.717, 1.165) is 34.4 Å². The van der Waals surface area contributed by atoms with E-state index in [2.05, 4.69) is 10.3 Å². The number of thiazole rings is 1. The standard InChI is InChI=1S/C23H13F6N3O4S4/c24-22(25,26)12-3-10(4-13(6-12)23(27,28)29)11-5-14(38-8-11)7-16-18(34)32(21(37)40-16)2-1-17(33)31-20-30-15(9-39-20)19(35)36/h3-9H,1-2H2,(H,35,36)(H,30,31,33)/b16-7-. The van der Waals surface area contributed by atoms with Gasteiger partial charge < -0.3 is 10.4 Å². The van der Waals surface area contributed by atoms with E-state index in [4.69, 9.17) is 17.3 Å². The van der Waals surface area contributed by atoms with Crippen LogP contribution in [0.1, 0.15) is 32.9 Å². The minimum atomic E-state index is -4.98. The van der Waals surface area contributed by atoms with Crippen molar-refractivity contribution >= 4 is 80.0 Å². The molecule has 210 valence electrons. The van der Waals surface area contributed by atoms with E-state index in [9.17, 15) is 40.7 Å². The molecule has 0 aliphatic carbocycles. The van der Waals surface area contributed by atoms with Crippen molar-refractivity contribution in [1.29, 1.82) is 0 Å². The molecule has 1 aliphatic heterocycles. The molecule has 1 fully saturated rings. The van der Waals surface area contributed by atoms with Crippen molar-refractivity contribution in [3.8, 4) is 11.1 Å². The van der Waals surface area contributed by atoms with Gasteiger partial charge in [-0.25, -0.2) is 9.78 Å². The molecule has 3 heterocycles. The van der Waals surface area contributed by atoms with E-state index in [1.807, 2.05) is 0 Å². The van der Waals surface area contributed by atoms with Crippen LogP contribution in [0.5, 0.6) is 0 Å². The van der Waals surface area contributed by atoms with Crippen LogP contribution in [0.15, 0.2) is 39.9 Å². The van der Waals surface area contributed by atoms with Crippen molar-refractivity contribution in [2.24, 2.45) is 0 Å². The van der Waals surface area contributed by atoms with Crippen molar-refractivity contribution in [1.82, 2.24) is 9.88 Å². The van der Waals surface area contributed by atoms with Gasteiger partial charge in [-0.3, -0.25) is 14.5 Å². The van der Waals surface area contributed by atoms with Crippen molar-refractivity contribution in [2.75, 3.05) is 11.9 Å². The fraction of sp³-hybridized carbons (Fsp3) is 0.174. The van der Waals surface area contributed by atoms with Crippen LogP contribution in [-0.4, -0.2) is 43.6 Å². The van der Waals surface area contributed by atoms with Crippen LogP contribution in [0.3, 0.4) is 0 Å². The van der Waals surface area contributed by atoms with Crippen LogP contribution in [0, 0.1) is 0 Å². The summed E-state index contributed by atoms with van der Waals surface area (Å²) in [6, 6.07) is 2.66. The molecule has 17 heteroatoms. The summed E-state index contributed by atoms with van der Waals surface area (Å²) in [6.07, 6.45) is -8.74. The molecule has 2 amide bonds. The molecule has 3 aromatic rings. The minimum absolute atomic E-state index is 0.0482. The minimum Gasteiger partial charge on any atom is -0.476 e. The zero-order valence-electron chi connectivity index (χ0n) is 19.4. The number of nitrogens with one attached hydrogen (secondary N) is 1. The van der Waals surface area contributed by atoms with E-state index in [-0.39, 0.29) is 50.2 Å². The first kappa shape index (κ1) is 29.7. The molecule has 1 saturated heterocycles. The maximum Gasteiger partial charge on any atom is 0.416 e. The third-order valence-corrected chi connectivity index (χ3v) is 8.23. The Kier molecular flexibility index (Phi) is 8.39. The maximum absolute atomic E-state index is 13.2. The maximum atomic E-state index is 13.2. The SMILES string of the molecule is O=C(CCN1C(=O)/C(=C/c2cc(-c3cc(C(F)(F)F)cc(C(F)(F)F)c3)cs2)SC1=S)Nc1nc(C(=O)O)cs1. The summed E-state index contributed by atoms with van der Waals surface area (Å²) in [5.74, 6) is -2.31. The van der Waals surface area contributed by atoms with Gasteiger partial charge in [0, 0.05) is 23.2 Å². The molecule has 0 saturated carbocycles. The number of amides is 2. The Morgan fingerprint density at radius 1 is 1.00 bits per heavy atom. The molecule has 7 nitrogen and oxygen atoms in total. The van der Waals surface area contributed by atoms with Crippen LogP contribution in [-0.2, 0) is 21.9 Å². The third-order valence-electron chi connectivity index (χ3n) is 5.22. The highest BCUT2D eigenvalue weighted by Gasteiger charge is 2.37. The van der Waals surface area contributed by atoms with Crippen LogP contribution >= 0.6 is 46.7 Å². The number of carbonyl (C=O) groups excluding carboxylic acids is 2. The topological polar surface area (TPSA) is 99.6 Å². The van der Waals surface area contributed by atoms with Crippen LogP contribution in [0.4, 0.5) is 31.5 Å². The Morgan fingerprint density at radius 3 is 2.23 bits per heavy atom. The predicted molar refractivity (Wildman–Crippen MR) is 142 cm³/mol. The zero-order chi connectivity index (χ0) is 29.4. The van der Waals surface area contributed by atoms with Gasteiger partial charge in [0.2, 0.25) is 5.91 Å². The number of thiophene rings is 1. The van der Waals surface area contributed by atoms with Gasteiger partial charge in [0.15, 0.2) is 10.8 Å². The summed E-state index contributed by atoms with van der Waals surface area (Å²) >= 11 is 8.07. The average molecular weight is 638 g/mol. The van der Waals surface area contributed by atoms with E-state index >= 15 is 0 Å². The second-order valence-corrected chi connectivity index (χ2v) is 11.5. The van der Waals surface area contributed by atoms with E-state index in [1.54, 1.807) is 0 Å². The second-order valence-electron chi connectivity index (χ2n) is 8.01. The van der Waals surface area contributed by atoms with Crippen molar-refractivity contribution in [2.45, 2.75) is 18.8 Å². The number of hydrogen-bond donors (Lipinski definition) is 2. The molecule has 0 atom stereocenters. The Bertz CT molecular complexity index is 1510. The van der Waals surface area contributed by atoms with Gasteiger partial charge in [-0.05, 0) is 46.8 Å². The number of carboxylic acid groups (broad SMARTS) is 1. The zero-order valence-corrected chi connectivity index (χ0v) is 22.7. The van der Waals surface area contributed by atoms with Gasteiger partial charge in [0.25, 0.3) is 5.91 Å². The number of benzene rings is 1. The highest BCUT2D eigenvalue weighted by molar-refractivity contribution is 8.26.